The Balaban J connectivity index is 1.52. The molecule has 0 spiro atoms. The maximum absolute atomic E-state index is 2.45. The molecule has 40 heavy (non-hydrogen) atoms. The third-order valence-corrected chi connectivity index (χ3v) is 8.79. The van der Waals surface area contributed by atoms with Crippen LogP contribution in [0.5, 0.6) is 0 Å². The van der Waals surface area contributed by atoms with Crippen molar-refractivity contribution in [2.75, 3.05) is 0 Å². The third-order valence-electron chi connectivity index (χ3n) is 8.79. The average Bonchev–Trinajstić information content (AvgIpc) is 3.04. The van der Waals surface area contributed by atoms with Gasteiger partial charge in [0.05, 0.1) is 0 Å². The zero-order valence-electron chi connectivity index (χ0n) is 21.9. The summed E-state index contributed by atoms with van der Waals surface area (Å²) in [5.74, 6) is 0. The summed E-state index contributed by atoms with van der Waals surface area (Å²) >= 11 is 0. The summed E-state index contributed by atoms with van der Waals surface area (Å²) in [5.41, 5.74) is 2.53. The standard InChI is InChI=1S/C40H24/c1-2-12-27-25(11-1)23-37(32-17-4-3-13-28(27)32)26-21-22-33-31-16-7-9-19-35(31)39-34-18-8-5-14-29(34)30-15-6-10-20-36(30)40(39)38(33)24-26/h1-24H. The molecule has 0 aliphatic carbocycles. The van der Waals surface area contributed by atoms with Crippen molar-refractivity contribution in [2.24, 2.45) is 0 Å². The maximum Gasteiger partial charge on any atom is -0.00137 e. The normalized spacial score (nSPS) is 12.0. The first kappa shape index (κ1) is 21.7. The van der Waals surface area contributed by atoms with Gasteiger partial charge in [-0.05, 0) is 98.7 Å². The molecule has 0 fully saturated rings. The van der Waals surface area contributed by atoms with Crippen LogP contribution in [0.4, 0.5) is 0 Å². The highest BCUT2D eigenvalue weighted by Gasteiger charge is 2.17. The molecule has 0 radical (unpaired) electrons. The minimum absolute atomic E-state index is 1.25. The van der Waals surface area contributed by atoms with Crippen LogP contribution in [0.2, 0.25) is 0 Å². The fraction of sp³-hybridized carbons (Fsp3) is 0. The largest absolute Gasteiger partial charge is 0.0616 e. The predicted octanol–water partition coefficient (Wildman–Crippen LogP) is 11.4. The zero-order chi connectivity index (χ0) is 26.2. The zero-order valence-corrected chi connectivity index (χ0v) is 21.9. The van der Waals surface area contributed by atoms with Gasteiger partial charge in [0.2, 0.25) is 0 Å². The van der Waals surface area contributed by atoms with Gasteiger partial charge in [0.15, 0.2) is 0 Å². The van der Waals surface area contributed by atoms with Gasteiger partial charge >= 0.3 is 0 Å². The molecule has 0 saturated carbocycles. The Morgan fingerprint density at radius 2 is 0.650 bits per heavy atom. The highest BCUT2D eigenvalue weighted by atomic mass is 14.2. The van der Waals surface area contributed by atoms with Crippen molar-refractivity contribution in [3.05, 3.63) is 146 Å². The predicted molar refractivity (Wildman–Crippen MR) is 174 cm³/mol. The van der Waals surface area contributed by atoms with Gasteiger partial charge in [0.1, 0.15) is 0 Å². The highest BCUT2D eigenvalue weighted by molar-refractivity contribution is 6.39. The molecule has 0 N–H and O–H groups in total. The second-order valence-corrected chi connectivity index (χ2v) is 10.8. The van der Waals surface area contributed by atoms with E-state index in [9.17, 15) is 0 Å². The van der Waals surface area contributed by atoms with Crippen LogP contribution in [-0.2, 0) is 0 Å². The summed E-state index contributed by atoms with van der Waals surface area (Å²) in [6.45, 7) is 0. The van der Waals surface area contributed by atoms with Crippen molar-refractivity contribution in [3.63, 3.8) is 0 Å². The molecule has 9 rings (SSSR count). The Hall–Kier alpha value is -5.20. The third kappa shape index (κ3) is 2.91. The molecule has 0 unspecified atom stereocenters. The van der Waals surface area contributed by atoms with E-state index < -0.39 is 0 Å². The average molecular weight is 505 g/mol. The van der Waals surface area contributed by atoms with E-state index in [0.29, 0.717) is 0 Å². The van der Waals surface area contributed by atoms with Gasteiger partial charge < -0.3 is 0 Å². The van der Waals surface area contributed by atoms with Gasteiger partial charge in [-0.25, -0.2) is 0 Å². The van der Waals surface area contributed by atoms with E-state index in [-0.39, 0.29) is 0 Å². The van der Waals surface area contributed by atoms with E-state index in [1.807, 2.05) is 0 Å². The minimum atomic E-state index is 1.25. The number of hydrogen-bond acceptors (Lipinski definition) is 0. The van der Waals surface area contributed by atoms with Crippen molar-refractivity contribution < 1.29 is 0 Å². The van der Waals surface area contributed by atoms with Gasteiger partial charge in [0, 0.05) is 0 Å². The van der Waals surface area contributed by atoms with Gasteiger partial charge in [-0.2, -0.15) is 0 Å². The Bertz CT molecular complexity index is 2460. The Morgan fingerprint density at radius 3 is 1.23 bits per heavy atom. The van der Waals surface area contributed by atoms with E-state index in [4.69, 9.17) is 0 Å². The summed E-state index contributed by atoms with van der Waals surface area (Å²) in [7, 11) is 0. The molecule has 0 aromatic heterocycles. The first-order valence-corrected chi connectivity index (χ1v) is 14.0. The van der Waals surface area contributed by atoms with Gasteiger partial charge in [-0.1, -0.05) is 133 Å². The molecular weight excluding hydrogens is 480 g/mol. The molecule has 0 aliphatic rings. The van der Waals surface area contributed by atoms with Crippen LogP contribution in [0.25, 0.3) is 86.5 Å². The lowest BCUT2D eigenvalue weighted by Gasteiger charge is -2.17. The smallest absolute Gasteiger partial charge is 0.00137 e. The Kier molecular flexibility index (Phi) is 4.42. The van der Waals surface area contributed by atoms with Crippen LogP contribution >= 0.6 is 0 Å². The second-order valence-electron chi connectivity index (χ2n) is 10.8. The maximum atomic E-state index is 2.45. The van der Waals surface area contributed by atoms with E-state index >= 15 is 0 Å². The number of benzene rings is 9. The fourth-order valence-corrected chi connectivity index (χ4v) is 7.08. The molecule has 9 aromatic rings. The topological polar surface area (TPSA) is 0 Å². The van der Waals surface area contributed by atoms with Crippen molar-refractivity contribution in [3.8, 4) is 11.1 Å². The molecule has 0 bridgehead atoms. The van der Waals surface area contributed by atoms with E-state index in [1.54, 1.807) is 0 Å². The molecule has 184 valence electrons. The molecule has 0 heterocycles. The molecular formula is C40H24. The van der Waals surface area contributed by atoms with Crippen LogP contribution in [-0.4, -0.2) is 0 Å². The van der Waals surface area contributed by atoms with E-state index in [1.165, 1.54) is 86.5 Å². The molecule has 0 aliphatic heterocycles. The van der Waals surface area contributed by atoms with Gasteiger partial charge in [-0.3, -0.25) is 0 Å². The van der Waals surface area contributed by atoms with Gasteiger partial charge in [0.25, 0.3) is 0 Å². The molecule has 0 atom stereocenters. The van der Waals surface area contributed by atoms with Crippen molar-refractivity contribution in [1.82, 2.24) is 0 Å². The highest BCUT2D eigenvalue weighted by Crippen LogP contribution is 2.45. The molecule has 9 aromatic carbocycles. The monoisotopic (exact) mass is 504 g/mol. The summed E-state index contributed by atoms with van der Waals surface area (Å²) in [4.78, 5) is 0. The SMILES string of the molecule is c1ccc2c(c1)cc(-c1ccc3c4ccccc4c4c5ccccc5c5ccccc5c4c3c1)c1ccccc12. The minimum Gasteiger partial charge on any atom is -0.0616 e. The summed E-state index contributed by atoms with van der Waals surface area (Å²) in [6, 6.07) is 53.8. The van der Waals surface area contributed by atoms with Crippen LogP contribution in [0.3, 0.4) is 0 Å². The van der Waals surface area contributed by atoms with Crippen LogP contribution < -0.4 is 0 Å². The number of rotatable bonds is 1. The lowest BCUT2D eigenvalue weighted by atomic mass is 9.85. The first-order chi connectivity index (χ1) is 19.9. The Labute approximate surface area is 231 Å². The molecule has 0 saturated heterocycles. The summed E-state index contributed by atoms with van der Waals surface area (Å²) in [6.07, 6.45) is 0. The van der Waals surface area contributed by atoms with Crippen LogP contribution in [0.15, 0.2) is 146 Å². The second kappa shape index (κ2) is 8.15. The van der Waals surface area contributed by atoms with Crippen LogP contribution in [0.1, 0.15) is 0 Å². The van der Waals surface area contributed by atoms with Crippen molar-refractivity contribution in [2.45, 2.75) is 0 Å². The Morgan fingerprint density at radius 1 is 0.250 bits per heavy atom. The van der Waals surface area contributed by atoms with Crippen LogP contribution in [0, 0.1) is 0 Å². The van der Waals surface area contributed by atoms with Gasteiger partial charge in [-0.15, -0.1) is 0 Å². The lowest BCUT2D eigenvalue weighted by Crippen LogP contribution is -1.89. The number of fused-ring (bicyclic) bond motifs is 14. The summed E-state index contributed by atoms with van der Waals surface area (Å²) in [5, 5.41) is 18.3. The lowest BCUT2D eigenvalue weighted by molar-refractivity contribution is 1.71. The quantitative estimate of drug-likeness (QED) is 0.195. The fourth-order valence-electron chi connectivity index (χ4n) is 7.08. The first-order valence-electron chi connectivity index (χ1n) is 14.0. The van der Waals surface area contributed by atoms with Crippen molar-refractivity contribution in [1.29, 1.82) is 0 Å². The number of hydrogen-bond donors (Lipinski definition) is 0. The van der Waals surface area contributed by atoms with E-state index in [2.05, 4.69) is 146 Å². The molecule has 0 nitrogen and oxygen atoms in total. The van der Waals surface area contributed by atoms with E-state index in [0.717, 1.165) is 0 Å². The molecule has 0 heteroatoms. The molecule has 0 amide bonds. The van der Waals surface area contributed by atoms with Crippen molar-refractivity contribution >= 4 is 75.4 Å². The summed E-state index contributed by atoms with van der Waals surface area (Å²) < 4.78 is 0.